The number of hydrogen-bond donors (Lipinski definition) is 3. The van der Waals surface area contributed by atoms with E-state index in [1.165, 1.54) is 6.92 Å². The zero-order valence-electron chi connectivity index (χ0n) is 14.1. The standard InChI is InChI=1S/C20H18O6/c1-20(23,9-21)17-7-13-15(25-17)5-4-11-14-8-24-16-6-10(22)2-3-12(16)19(14)26-18(11)13/h2-7,14,19,21-23H,8-9H2,1H3/t14-,19-,20-/m0/s1. The van der Waals surface area contributed by atoms with Gasteiger partial charge >= 0.3 is 0 Å². The maximum absolute atomic E-state index is 10.3. The van der Waals surface area contributed by atoms with Crippen molar-refractivity contribution in [1.29, 1.82) is 0 Å². The van der Waals surface area contributed by atoms with Crippen molar-refractivity contribution in [2.75, 3.05) is 13.2 Å². The average molecular weight is 354 g/mol. The van der Waals surface area contributed by atoms with Gasteiger partial charge in [-0.1, -0.05) is 6.07 Å². The molecule has 0 amide bonds. The van der Waals surface area contributed by atoms with E-state index in [1.54, 1.807) is 18.2 Å². The van der Waals surface area contributed by atoms with Gasteiger partial charge in [-0.05, 0) is 31.2 Å². The van der Waals surface area contributed by atoms with Crippen LogP contribution in [-0.4, -0.2) is 28.5 Å². The lowest BCUT2D eigenvalue weighted by Gasteiger charge is -2.27. The molecule has 0 saturated heterocycles. The summed E-state index contributed by atoms with van der Waals surface area (Å²) in [4.78, 5) is 0. The molecule has 0 spiro atoms. The first kappa shape index (κ1) is 15.5. The van der Waals surface area contributed by atoms with Gasteiger partial charge in [-0.3, -0.25) is 0 Å². The van der Waals surface area contributed by atoms with E-state index in [9.17, 15) is 15.3 Å². The number of hydrogen-bond acceptors (Lipinski definition) is 6. The predicted octanol–water partition coefficient (Wildman–Crippen LogP) is 2.95. The van der Waals surface area contributed by atoms with Crippen LogP contribution in [0.5, 0.6) is 17.2 Å². The van der Waals surface area contributed by atoms with Crippen LogP contribution in [0.4, 0.5) is 0 Å². The lowest BCUT2D eigenvalue weighted by molar-refractivity contribution is -0.0184. The molecule has 3 atom stereocenters. The number of aliphatic hydroxyl groups is 2. The molecule has 26 heavy (non-hydrogen) atoms. The van der Waals surface area contributed by atoms with Gasteiger partial charge in [0.1, 0.15) is 40.3 Å². The molecule has 6 heteroatoms. The third-order valence-corrected chi connectivity index (χ3v) is 5.25. The van der Waals surface area contributed by atoms with Crippen LogP contribution in [0.25, 0.3) is 11.0 Å². The van der Waals surface area contributed by atoms with Gasteiger partial charge in [0.15, 0.2) is 0 Å². The fourth-order valence-electron chi connectivity index (χ4n) is 3.76. The quantitative estimate of drug-likeness (QED) is 0.655. The Balaban J connectivity index is 1.63. The molecule has 134 valence electrons. The summed E-state index contributed by atoms with van der Waals surface area (Å²) in [7, 11) is 0. The lowest BCUT2D eigenvalue weighted by atomic mass is 9.89. The highest BCUT2D eigenvalue weighted by Crippen LogP contribution is 2.54. The van der Waals surface area contributed by atoms with Gasteiger partial charge in [-0.25, -0.2) is 0 Å². The van der Waals surface area contributed by atoms with E-state index in [-0.39, 0.29) is 17.8 Å². The van der Waals surface area contributed by atoms with E-state index in [2.05, 4.69) is 0 Å². The van der Waals surface area contributed by atoms with E-state index in [1.807, 2.05) is 18.2 Å². The van der Waals surface area contributed by atoms with Gasteiger partial charge < -0.3 is 29.2 Å². The SMILES string of the molecule is C[C@](O)(CO)c1cc2c3c(ccc2o1)[C@@H]1COc2cc(O)ccc2[C@@H]1O3. The minimum Gasteiger partial charge on any atom is -0.508 e. The van der Waals surface area contributed by atoms with Gasteiger partial charge in [0, 0.05) is 17.2 Å². The molecule has 0 saturated carbocycles. The first-order chi connectivity index (χ1) is 12.5. The van der Waals surface area contributed by atoms with E-state index in [4.69, 9.17) is 13.9 Å². The summed E-state index contributed by atoms with van der Waals surface area (Å²) in [6.07, 6.45) is -0.198. The van der Waals surface area contributed by atoms with Gasteiger partial charge in [-0.2, -0.15) is 0 Å². The number of ether oxygens (including phenoxy) is 2. The summed E-state index contributed by atoms with van der Waals surface area (Å²) >= 11 is 0. The number of fused-ring (bicyclic) bond motifs is 7. The topological polar surface area (TPSA) is 92.3 Å². The Morgan fingerprint density at radius 3 is 2.77 bits per heavy atom. The first-order valence-corrected chi connectivity index (χ1v) is 8.50. The molecule has 3 N–H and O–H groups in total. The van der Waals surface area contributed by atoms with Crippen LogP contribution in [0.2, 0.25) is 0 Å². The van der Waals surface area contributed by atoms with Crippen molar-refractivity contribution in [3.63, 3.8) is 0 Å². The zero-order chi connectivity index (χ0) is 18.1. The van der Waals surface area contributed by atoms with E-state index < -0.39 is 12.2 Å². The molecule has 0 aliphatic carbocycles. The maximum atomic E-state index is 10.3. The Hall–Kier alpha value is -2.70. The lowest BCUT2D eigenvalue weighted by Crippen LogP contribution is -2.24. The number of aliphatic hydroxyl groups excluding tert-OH is 1. The maximum Gasteiger partial charge on any atom is 0.142 e. The molecular weight excluding hydrogens is 336 g/mol. The Kier molecular flexibility index (Phi) is 3.08. The molecular formula is C20H18O6. The fourth-order valence-corrected chi connectivity index (χ4v) is 3.76. The summed E-state index contributed by atoms with van der Waals surface area (Å²) in [5.41, 5.74) is 1.06. The zero-order valence-corrected chi connectivity index (χ0v) is 14.1. The number of rotatable bonds is 2. The molecule has 5 rings (SSSR count). The largest absolute Gasteiger partial charge is 0.508 e. The molecule has 2 aliphatic heterocycles. The second kappa shape index (κ2) is 5.16. The molecule has 3 aromatic rings. The van der Waals surface area contributed by atoms with Crippen LogP contribution < -0.4 is 9.47 Å². The van der Waals surface area contributed by atoms with Crippen molar-refractivity contribution >= 4 is 11.0 Å². The van der Waals surface area contributed by atoms with Crippen LogP contribution in [0.1, 0.15) is 35.8 Å². The molecule has 1 aromatic heterocycles. The Labute approximate surface area is 149 Å². The van der Waals surface area contributed by atoms with Crippen molar-refractivity contribution < 1.29 is 29.2 Å². The molecule has 0 bridgehead atoms. The minimum atomic E-state index is -1.45. The fraction of sp³-hybridized carbons (Fsp3) is 0.300. The van der Waals surface area contributed by atoms with Crippen LogP contribution in [0.15, 0.2) is 40.8 Å². The van der Waals surface area contributed by atoms with Crippen molar-refractivity contribution in [3.05, 3.63) is 53.3 Å². The molecule has 3 heterocycles. The molecule has 0 unspecified atom stereocenters. The van der Waals surface area contributed by atoms with E-state index >= 15 is 0 Å². The molecule has 6 nitrogen and oxygen atoms in total. The number of phenolic OH excluding ortho intramolecular Hbond substituents is 1. The molecule has 2 aliphatic rings. The number of phenols is 1. The number of furan rings is 1. The summed E-state index contributed by atoms with van der Waals surface area (Å²) in [6, 6.07) is 10.6. The van der Waals surface area contributed by atoms with Crippen LogP contribution in [0.3, 0.4) is 0 Å². The Morgan fingerprint density at radius 1 is 1.15 bits per heavy atom. The number of aromatic hydroxyl groups is 1. The number of benzene rings is 2. The third kappa shape index (κ3) is 2.06. The van der Waals surface area contributed by atoms with E-state index in [0.29, 0.717) is 29.4 Å². The summed E-state index contributed by atoms with van der Waals surface area (Å²) in [5, 5.41) is 30.1. The van der Waals surface area contributed by atoms with Gasteiger partial charge in [-0.15, -0.1) is 0 Å². The summed E-state index contributed by atoms with van der Waals surface area (Å²) < 4.78 is 17.8. The second-order valence-electron chi connectivity index (χ2n) is 7.12. The summed E-state index contributed by atoms with van der Waals surface area (Å²) in [6.45, 7) is 1.52. The second-order valence-corrected chi connectivity index (χ2v) is 7.12. The molecule has 0 fully saturated rings. The Morgan fingerprint density at radius 2 is 1.96 bits per heavy atom. The normalized spacial score (nSPS) is 22.7. The van der Waals surface area contributed by atoms with Crippen LogP contribution in [-0.2, 0) is 5.60 Å². The Bertz CT molecular complexity index is 1020. The van der Waals surface area contributed by atoms with Gasteiger partial charge in [0.2, 0.25) is 0 Å². The third-order valence-electron chi connectivity index (χ3n) is 5.25. The molecule has 0 radical (unpaired) electrons. The van der Waals surface area contributed by atoms with Crippen LogP contribution >= 0.6 is 0 Å². The smallest absolute Gasteiger partial charge is 0.142 e. The van der Waals surface area contributed by atoms with Gasteiger partial charge in [0.05, 0.1) is 24.5 Å². The highest BCUT2D eigenvalue weighted by Gasteiger charge is 2.42. The van der Waals surface area contributed by atoms with Crippen LogP contribution in [0, 0.1) is 0 Å². The van der Waals surface area contributed by atoms with Crippen molar-refractivity contribution in [1.82, 2.24) is 0 Å². The predicted molar refractivity (Wildman–Crippen MR) is 92.6 cm³/mol. The first-order valence-electron chi connectivity index (χ1n) is 8.50. The van der Waals surface area contributed by atoms with Crippen molar-refractivity contribution in [3.8, 4) is 17.2 Å². The highest BCUT2D eigenvalue weighted by atomic mass is 16.5. The van der Waals surface area contributed by atoms with E-state index in [0.717, 1.165) is 16.5 Å². The summed E-state index contributed by atoms with van der Waals surface area (Å²) in [5.74, 6) is 1.84. The highest BCUT2D eigenvalue weighted by molar-refractivity contribution is 5.87. The van der Waals surface area contributed by atoms with Crippen molar-refractivity contribution in [2.24, 2.45) is 0 Å². The minimum absolute atomic E-state index is 0.0446. The monoisotopic (exact) mass is 354 g/mol. The molecule has 2 aromatic carbocycles. The average Bonchev–Trinajstić information content (AvgIpc) is 3.22. The van der Waals surface area contributed by atoms with Gasteiger partial charge in [0.25, 0.3) is 0 Å². The van der Waals surface area contributed by atoms with Crippen molar-refractivity contribution in [2.45, 2.75) is 24.5 Å².